The number of para-hydroxylation sites is 2. The molecule has 6 nitrogen and oxygen atoms in total. The Morgan fingerprint density at radius 1 is 1.07 bits per heavy atom. The third-order valence-electron chi connectivity index (χ3n) is 4.51. The van der Waals surface area contributed by atoms with Crippen molar-refractivity contribution in [2.45, 2.75) is 32.8 Å². The number of Topliss-reactive ketones (excluding diaryl/α,β-unsaturated/α-hetero) is 1. The number of ether oxygens (including phenoxy) is 2. The summed E-state index contributed by atoms with van der Waals surface area (Å²) in [6, 6.07) is 13.5. The minimum Gasteiger partial charge on any atom is -0.493 e. The van der Waals surface area contributed by atoms with E-state index in [0.717, 1.165) is 4.90 Å². The molecule has 0 N–H and O–H groups in total. The van der Waals surface area contributed by atoms with Crippen molar-refractivity contribution in [1.29, 1.82) is 0 Å². The van der Waals surface area contributed by atoms with E-state index in [1.165, 1.54) is 0 Å². The first-order valence-electron chi connectivity index (χ1n) is 9.43. The maximum Gasteiger partial charge on any atom is 0.270 e. The summed E-state index contributed by atoms with van der Waals surface area (Å²) in [4.78, 5) is 39.9. The molecule has 3 rings (SSSR count). The quantitative estimate of drug-likeness (QED) is 0.542. The summed E-state index contributed by atoms with van der Waals surface area (Å²) in [5.41, 5.74) is 0.621. The van der Waals surface area contributed by atoms with E-state index in [1.54, 1.807) is 48.5 Å². The Morgan fingerprint density at radius 2 is 1.79 bits per heavy atom. The minimum atomic E-state index is -0.799. The Bertz CT molecular complexity index is 892. The number of hydrogen-bond acceptors (Lipinski definition) is 5. The van der Waals surface area contributed by atoms with Crippen LogP contribution in [0.2, 0.25) is 0 Å². The van der Waals surface area contributed by atoms with Crippen LogP contribution in [0.15, 0.2) is 48.5 Å². The van der Waals surface area contributed by atoms with Crippen LogP contribution in [0.25, 0.3) is 0 Å². The summed E-state index contributed by atoms with van der Waals surface area (Å²) in [7, 11) is 0. The number of amides is 2. The van der Waals surface area contributed by atoms with Gasteiger partial charge in [-0.15, -0.1) is 0 Å². The Kier molecular flexibility index (Phi) is 6.09. The van der Waals surface area contributed by atoms with E-state index in [-0.39, 0.29) is 17.9 Å². The number of benzene rings is 2. The topological polar surface area (TPSA) is 72.9 Å². The maximum absolute atomic E-state index is 13.0. The summed E-state index contributed by atoms with van der Waals surface area (Å²) < 4.78 is 11.3. The highest BCUT2D eigenvalue weighted by Crippen LogP contribution is 2.27. The summed E-state index contributed by atoms with van der Waals surface area (Å²) in [6.45, 7) is 3.81. The molecule has 0 bridgehead atoms. The fourth-order valence-corrected chi connectivity index (χ4v) is 3.17. The average Bonchev–Trinajstić information content (AvgIpc) is 2.80. The zero-order chi connectivity index (χ0) is 20.1. The lowest BCUT2D eigenvalue weighted by atomic mass is 10.1. The predicted molar refractivity (Wildman–Crippen MR) is 104 cm³/mol. The van der Waals surface area contributed by atoms with Crippen LogP contribution in [0.4, 0.5) is 0 Å². The second-order valence-electron chi connectivity index (χ2n) is 6.47. The number of hydrogen-bond donors (Lipinski definition) is 0. The first-order chi connectivity index (χ1) is 13.6. The molecule has 146 valence electrons. The first kappa shape index (κ1) is 19.6. The lowest BCUT2D eigenvalue weighted by Gasteiger charge is -2.22. The van der Waals surface area contributed by atoms with Crippen molar-refractivity contribution in [2.75, 3.05) is 13.2 Å². The Morgan fingerprint density at radius 3 is 2.54 bits per heavy atom. The van der Waals surface area contributed by atoms with E-state index < -0.39 is 17.9 Å². The van der Waals surface area contributed by atoms with Crippen molar-refractivity contribution < 1.29 is 23.9 Å². The standard InChI is InChI=1S/C22H23NO5/c1-3-9-20-22(26)23(21(25)16-11-6-8-13-19(16)28-20)14-17(24)15-10-5-7-12-18(15)27-4-2/h5-8,10-13,20H,3-4,9,14H2,1-2H3/t20-/m0/s1. The Balaban J connectivity index is 1.94. The molecule has 0 aliphatic carbocycles. The molecule has 0 fully saturated rings. The van der Waals surface area contributed by atoms with Gasteiger partial charge < -0.3 is 9.47 Å². The fraction of sp³-hybridized carbons (Fsp3) is 0.318. The molecule has 0 saturated heterocycles. The number of carbonyl (C=O) groups is 3. The van der Waals surface area contributed by atoms with Gasteiger partial charge in [0, 0.05) is 0 Å². The lowest BCUT2D eigenvalue weighted by Crippen LogP contribution is -2.45. The molecular formula is C22H23NO5. The Hall–Kier alpha value is -3.15. The molecule has 2 amide bonds. The lowest BCUT2D eigenvalue weighted by molar-refractivity contribution is -0.135. The molecule has 1 heterocycles. The highest BCUT2D eigenvalue weighted by molar-refractivity contribution is 6.12. The third-order valence-corrected chi connectivity index (χ3v) is 4.51. The smallest absolute Gasteiger partial charge is 0.270 e. The summed E-state index contributed by atoms with van der Waals surface area (Å²) >= 11 is 0. The van der Waals surface area contributed by atoms with Crippen LogP contribution in [-0.4, -0.2) is 41.8 Å². The fourth-order valence-electron chi connectivity index (χ4n) is 3.17. The zero-order valence-electron chi connectivity index (χ0n) is 16.0. The van der Waals surface area contributed by atoms with Crippen molar-refractivity contribution in [2.24, 2.45) is 0 Å². The molecular weight excluding hydrogens is 358 g/mol. The molecule has 2 aromatic rings. The van der Waals surface area contributed by atoms with Crippen molar-refractivity contribution >= 4 is 17.6 Å². The molecule has 1 aliphatic heterocycles. The van der Waals surface area contributed by atoms with E-state index in [4.69, 9.17) is 9.47 Å². The van der Waals surface area contributed by atoms with Crippen LogP contribution in [0.1, 0.15) is 47.4 Å². The van der Waals surface area contributed by atoms with Crippen molar-refractivity contribution in [3.63, 3.8) is 0 Å². The van der Waals surface area contributed by atoms with Gasteiger partial charge in [0.25, 0.3) is 11.8 Å². The first-order valence-corrected chi connectivity index (χ1v) is 9.43. The molecule has 0 unspecified atom stereocenters. The van der Waals surface area contributed by atoms with Gasteiger partial charge in [0.1, 0.15) is 11.5 Å². The SMILES string of the molecule is CCC[C@@H]1Oc2ccccc2C(=O)N(CC(=O)c2ccccc2OCC)C1=O. The molecule has 6 heteroatoms. The van der Waals surface area contributed by atoms with Crippen molar-refractivity contribution in [1.82, 2.24) is 4.90 Å². The summed E-state index contributed by atoms with van der Waals surface area (Å²) in [5, 5.41) is 0. The van der Waals surface area contributed by atoms with Gasteiger partial charge in [0.2, 0.25) is 0 Å². The van der Waals surface area contributed by atoms with Gasteiger partial charge in [-0.3, -0.25) is 19.3 Å². The van der Waals surface area contributed by atoms with Crippen LogP contribution in [0, 0.1) is 0 Å². The predicted octanol–water partition coefficient (Wildman–Crippen LogP) is 3.50. The minimum absolute atomic E-state index is 0.278. The van der Waals surface area contributed by atoms with Crippen LogP contribution in [0.3, 0.4) is 0 Å². The van der Waals surface area contributed by atoms with E-state index in [1.807, 2.05) is 13.8 Å². The average molecular weight is 381 g/mol. The number of fused-ring (bicyclic) bond motifs is 1. The molecule has 0 saturated carbocycles. The number of imide groups is 1. The van der Waals surface area contributed by atoms with Crippen molar-refractivity contribution in [3.05, 3.63) is 59.7 Å². The largest absolute Gasteiger partial charge is 0.493 e. The molecule has 0 aromatic heterocycles. The number of nitrogens with zero attached hydrogens (tertiary/aromatic N) is 1. The molecule has 0 spiro atoms. The van der Waals surface area contributed by atoms with E-state index in [0.29, 0.717) is 36.5 Å². The molecule has 2 aromatic carbocycles. The van der Waals surface area contributed by atoms with Crippen LogP contribution >= 0.6 is 0 Å². The Labute approximate surface area is 164 Å². The monoisotopic (exact) mass is 381 g/mol. The van der Waals surface area contributed by atoms with Crippen LogP contribution in [-0.2, 0) is 4.79 Å². The van der Waals surface area contributed by atoms with Gasteiger partial charge in [0.15, 0.2) is 11.9 Å². The second-order valence-corrected chi connectivity index (χ2v) is 6.47. The highest BCUT2D eigenvalue weighted by Gasteiger charge is 2.37. The van der Waals surface area contributed by atoms with Gasteiger partial charge in [-0.2, -0.15) is 0 Å². The van der Waals surface area contributed by atoms with Crippen LogP contribution < -0.4 is 9.47 Å². The number of carbonyl (C=O) groups excluding carboxylic acids is 3. The van der Waals surface area contributed by atoms with Gasteiger partial charge in [0.05, 0.1) is 24.3 Å². The van der Waals surface area contributed by atoms with E-state index in [2.05, 4.69) is 0 Å². The molecule has 1 atom stereocenters. The molecule has 28 heavy (non-hydrogen) atoms. The molecule has 1 aliphatic rings. The van der Waals surface area contributed by atoms with Crippen molar-refractivity contribution in [3.8, 4) is 11.5 Å². The van der Waals surface area contributed by atoms with Crippen LogP contribution in [0.5, 0.6) is 11.5 Å². The van der Waals surface area contributed by atoms with Gasteiger partial charge in [-0.1, -0.05) is 37.6 Å². The zero-order valence-corrected chi connectivity index (χ0v) is 16.0. The van der Waals surface area contributed by atoms with Gasteiger partial charge in [-0.25, -0.2) is 0 Å². The highest BCUT2D eigenvalue weighted by atomic mass is 16.5. The number of rotatable bonds is 7. The summed E-state index contributed by atoms with van der Waals surface area (Å²) in [6.07, 6.45) is 0.370. The summed E-state index contributed by atoms with van der Waals surface area (Å²) in [5.74, 6) is -0.581. The van der Waals surface area contributed by atoms with E-state index >= 15 is 0 Å². The normalized spacial score (nSPS) is 16.2. The third kappa shape index (κ3) is 3.91. The van der Waals surface area contributed by atoms with E-state index in [9.17, 15) is 14.4 Å². The number of ketones is 1. The maximum atomic E-state index is 13.0. The molecule has 0 radical (unpaired) electrons. The second kappa shape index (κ2) is 8.69. The van der Waals surface area contributed by atoms with Gasteiger partial charge >= 0.3 is 0 Å². The van der Waals surface area contributed by atoms with Gasteiger partial charge in [-0.05, 0) is 37.6 Å².